The topological polar surface area (TPSA) is 82.4 Å². The van der Waals surface area contributed by atoms with E-state index in [0.29, 0.717) is 29.7 Å². The SMILES string of the molecule is COc1ccc(OC)c([C@H]2CC(=O)N(C)c3c2c(C)nn3-c2nc(C)cc(C)n2)c1. The summed E-state index contributed by atoms with van der Waals surface area (Å²) >= 11 is 0. The molecule has 1 atom stereocenters. The summed E-state index contributed by atoms with van der Waals surface area (Å²) in [5.74, 6) is 2.33. The number of aryl methyl sites for hydroxylation is 3. The van der Waals surface area contributed by atoms with E-state index < -0.39 is 0 Å². The van der Waals surface area contributed by atoms with Gasteiger partial charge < -0.3 is 9.47 Å². The summed E-state index contributed by atoms with van der Waals surface area (Å²) in [7, 11) is 5.01. The molecule has 0 N–H and O–H groups in total. The van der Waals surface area contributed by atoms with Gasteiger partial charge in [-0.3, -0.25) is 9.69 Å². The molecule has 2 aromatic heterocycles. The normalized spacial score (nSPS) is 15.9. The third-order valence-electron chi connectivity index (χ3n) is 5.47. The maximum atomic E-state index is 13.0. The summed E-state index contributed by atoms with van der Waals surface area (Å²) in [6.45, 7) is 5.78. The fourth-order valence-corrected chi connectivity index (χ4v) is 4.11. The molecule has 30 heavy (non-hydrogen) atoms. The molecular formula is C22H25N5O3. The van der Waals surface area contributed by atoms with Crippen molar-refractivity contribution in [3.63, 3.8) is 0 Å². The summed E-state index contributed by atoms with van der Waals surface area (Å²) in [6, 6.07) is 7.55. The van der Waals surface area contributed by atoms with Crippen molar-refractivity contribution in [1.29, 1.82) is 0 Å². The molecule has 0 saturated heterocycles. The van der Waals surface area contributed by atoms with Crippen LogP contribution in [0.2, 0.25) is 0 Å². The number of hydrogen-bond donors (Lipinski definition) is 0. The Bertz CT molecular complexity index is 1120. The molecule has 1 aliphatic heterocycles. The summed E-state index contributed by atoms with van der Waals surface area (Å²) in [6.07, 6.45) is 0.313. The van der Waals surface area contributed by atoms with Crippen molar-refractivity contribution >= 4 is 11.7 Å². The van der Waals surface area contributed by atoms with Crippen LogP contribution in [0.15, 0.2) is 24.3 Å². The van der Waals surface area contributed by atoms with E-state index in [2.05, 4.69) is 9.97 Å². The second kappa shape index (κ2) is 7.44. The lowest BCUT2D eigenvalue weighted by molar-refractivity contribution is -0.118. The summed E-state index contributed by atoms with van der Waals surface area (Å²) in [4.78, 5) is 23.7. The molecule has 0 saturated carbocycles. The van der Waals surface area contributed by atoms with E-state index in [4.69, 9.17) is 14.6 Å². The Morgan fingerprint density at radius 3 is 2.37 bits per heavy atom. The van der Waals surface area contributed by atoms with Crippen molar-refractivity contribution in [2.75, 3.05) is 26.2 Å². The standard InChI is InChI=1S/C22H25N5O3/c1-12-9-13(2)24-22(23-12)27-21-20(14(3)25-27)17(11-19(28)26(21)4)16-10-15(29-5)7-8-18(16)30-6/h7-10,17H,11H2,1-6H3/t17-/m1/s1. The first-order valence-electron chi connectivity index (χ1n) is 9.74. The van der Waals surface area contributed by atoms with Crippen molar-refractivity contribution in [2.45, 2.75) is 33.1 Å². The van der Waals surface area contributed by atoms with E-state index >= 15 is 0 Å². The number of methoxy groups -OCH3 is 2. The van der Waals surface area contributed by atoms with Crippen LogP contribution in [0.4, 0.5) is 5.82 Å². The van der Waals surface area contributed by atoms with Gasteiger partial charge in [-0.1, -0.05) is 0 Å². The van der Waals surface area contributed by atoms with Crippen LogP contribution in [-0.4, -0.2) is 46.9 Å². The van der Waals surface area contributed by atoms with Crippen LogP contribution in [0.1, 0.15) is 40.5 Å². The number of carbonyl (C=O) groups is 1. The molecule has 0 unspecified atom stereocenters. The molecule has 1 aliphatic rings. The van der Waals surface area contributed by atoms with Crippen LogP contribution in [0, 0.1) is 20.8 Å². The predicted molar refractivity (Wildman–Crippen MR) is 113 cm³/mol. The van der Waals surface area contributed by atoms with Crippen LogP contribution in [0.5, 0.6) is 11.5 Å². The van der Waals surface area contributed by atoms with E-state index in [0.717, 1.165) is 28.2 Å². The molecule has 1 amide bonds. The van der Waals surface area contributed by atoms with E-state index in [-0.39, 0.29) is 11.8 Å². The maximum Gasteiger partial charge on any atom is 0.252 e. The minimum absolute atomic E-state index is 0.0112. The smallest absolute Gasteiger partial charge is 0.252 e. The molecule has 0 bridgehead atoms. The number of rotatable bonds is 4. The number of hydrogen-bond acceptors (Lipinski definition) is 6. The largest absolute Gasteiger partial charge is 0.497 e. The van der Waals surface area contributed by atoms with Crippen molar-refractivity contribution in [3.05, 3.63) is 52.5 Å². The highest BCUT2D eigenvalue weighted by Crippen LogP contribution is 2.45. The van der Waals surface area contributed by atoms with Gasteiger partial charge in [-0.25, -0.2) is 9.97 Å². The van der Waals surface area contributed by atoms with Gasteiger partial charge in [-0.15, -0.1) is 0 Å². The predicted octanol–water partition coefficient (Wildman–Crippen LogP) is 3.10. The number of ether oxygens (including phenoxy) is 2. The molecule has 3 heterocycles. The van der Waals surface area contributed by atoms with Crippen molar-refractivity contribution in [3.8, 4) is 17.4 Å². The van der Waals surface area contributed by atoms with Crippen LogP contribution in [0.3, 0.4) is 0 Å². The maximum absolute atomic E-state index is 13.0. The lowest BCUT2D eigenvalue weighted by Crippen LogP contribution is -2.35. The van der Waals surface area contributed by atoms with Crippen molar-refractivity contribution < 1.29 is 14.3 Å². The van der Waals surface area contributed by atoms with Gasteiger partial charge in [0.2, 0.25) is 5.91 Å². The Kier molecular flexibility index (Phi) is 4.93. The summed E-state index contributed by atoms with van der Waals surface area (Å²) in [5.41, 5.74) is 4.36. The van der Waals surface area contributed by atoms with Crippen LogP contribution >= 0.6 is 0 Å². The summed E-state index contributed by atoms with van der Waals surface area (Å²) < 4.78 is 12.7. The van der Waals surface area contributed by atoms with Crippen LogP contribution in [-0.2, 0) is 4.79 Å². The molecule has 0 spiro atoms. The number of anilines is 1. The van der Waals surface area contributed by atoms with Gasteiger partial charge in [0.1, 0.15) is 17.3 Å². The lowest BCUT2D eigenvalue weighted by Gasteiger charge is -2.31. The van der Waals surface area contributed by atoms with Gasteiger partial charge in [0, 0.05) is 41.9 Å². The highest BCUT2D eigenvalue weighted by atomic mass is 16.5. The molecule has 8 nitrogen and oxygen atoms in total. The molecule has 0 radical (unpaired) electrons. The zero-order valence-corrected chi connectivity index (χ0v) is 18.1. The second-order valence-electron chi connectivity index (χ2n) is 7.50. The quantitative estimate of drug-likeness (QED) is 0.661. The molecule has 3 aromatic rings. The average Bonchev–Trinajstić information content (AvgIpc) is 3.07. The van der Waals surface area contributed by atoms with Crippen LogP contribution < -0.4 is 14.4 Å². The Balaban J connectivity index is 1.96. The van der Waals surface area contributed by atoms with Crippen molar-refractivity contribution in [2.24, 2.45) is 0 Å². The number of benzene rings is 1. The van der Waals surface area contributed by atoms with Gasteiger partial charge in [0.25, 0.3) is 5.95 Å². The number of nitrogens with zero attached hydrogens (tertiary/aromatic N) is 5. The van der Waals surface area contributed by atoms with E-state index in [1.807, 2.05) is 45.0 Å². The molecule has 156 valence electrons. The fourth-order valence-electron chi connectivity index (χ4n) is 4.11. The number of fused-ring (bicyclic) bond motifs is 1. The van der Waals surface area contributed by atoms with Gasteiger partial charge in [0.05, 0.1) is 19.9 Å². The highest BCUT2D eigenvalue weighted by molar-refractivity contribution is 5.97. The monoisotopic (exact) mass is 407 g/mol. The Morgan fingerprint density at radius 2 is 1.73 bits per heavy atom. The zero-order chi connectivity index (χ0) is 21.6. The van der Waals surface area contributed by atoms with Crippen molar-refractivity contribution in [1.82, 2.24) is 19.7 Å². The van der Waals surface area contributed by atoms with Gasteiger partial charge in [-0.05, 0) is 45.0 Å². The first kappa shape index (κ1) is 19.9. The van der Waals surface area contributed by atoms with E-state index in [9.17, 15) is 4.79 Å². The highest BCUT2D eigenvalue weighted by Gasteiger charge is 2.38. The Morgan fingerprint density at radius 1 is 1.03 bits per heavy atom. The lowest BCUT2D eigenvalue weighted by atomic mass is 9.84. The Hall–Kier alpha value is -3.42. The molecule has 8 heteroatoms. The molecule has 0 aliphatic carbocycles. The molecule has 4 rings (SSSR count). The summed E-state index contributed by atoms with van der Waals surface area (Å²) in [5, 5.41) is 4.73. The zero-order valence-electron chi connectivity index (χ0n) is 18.1. The molecule has 1 aromatic carbocycles. The van der Waals surface area contributed by atoms with Crippen LogP contribution in [0.25, 0.3) is 5.95 Å². The number of carbonyl (C=O) groups excluding carboxylic acids is 1. The molecular weight excluding hydrogens is 382 g/mol. The fraction of sp³-hybridized carbons (Fsp3) is 0.364. The van der Waals surface area contributed by atoms with Gasteiger partial charge in [-0.2, -0.15) is 9.78 Å². The first-order chi connectivity index (χ1) is 14.3. The molecule has 0 fully saturated rings. The van der Waals surface area contributed by atoms with Gasteiger partial charge in [0.15, 0.2) is 0 Å². The first-order valence-corrected chi connectivity index (χ1v) is 9.74. The van der Waals surface area contributed by atoms with E-state index in [1.54, 1.807) is 30.8 Å². The number of amides is 1. The minimum atomic E-state index is -0.214. The van der Waals surface area contributed by atoms with Gasteiger partial charge >= 0.3 is 0 Å². The third-order valence-corrected chi connectivity index (χ3v) is 5.47. The minimum Gasteiger partial charge on any atom is -0.497 e. The van der Waals surface area contributed by atoms with E-state index in [1.165, 1.54) is 0 Å². The number of aromatic nitrogens is 4. The second-order valence-corrected chi connectivity index (χ2v) is 7.50. The third kappa shape index (κ3) is 3.18. The Labute approximate surface area is 175 Å². The average molecular weight is 407 g/mol.